The van der Waals surface area contributed by atoms with Crippen molar-refractivity contribution < 1.29 is 19.1 Å². The topological polar surface area (TPSA) is 81.1 Å². The number of pyridine rings is 1. The molecule has 0 N–H and O–H groups in total. The molecule has 4 heterocycles. The van der Waals surface area contributed by atoms with Gasteiger partial charge in [0.05, 0.1) is 7.11 Å². The third-order valence-corrected chi connectivity index (χ3v) is 6.96. The predicted molar refractivity (Wildman–Crippen MR) is 121 cm³/mol. The highest BCUT2D eigenvalue weighted by Crippen LogP contribution is 2.28. The number of aromatic nitrogens is 1. The van der Waals surface area contributed by atoms with Gasteiger partial charge in [0, 0.05) is 57.5 Å². The highest BCUT2D eigenvalue weighted by molar-refractivity contribution is 5.98. The number of hydrogen-bond acceptors (Lipinski definition) is 5. The van der Waals surface area contributed by atoms with Crippen LogP contribution < -0.4 is 10.3 Å². The highest BCUT2D eigenvalue weighted by atomic mass is 16.5. The van der Waals surface area contributed by atoms with Crippen molar-refractivity contribution in [1.82, 2.24) is 14.4 Å². The molecule has 0 radical (unpaired) electrons. The van der Waals surface area contributed by atoms with E-state index in [4.69, 9.17) is 9.47 Å². The van der Waals surface area contributed by atoms with Gasteiger partial charge in [-0.25, -0.2) is 0 Å². The largest absolute Gasteiger partial charge is 0.496 e. The van der Waals surface area contributed by atoms with Crippen LogP contribution in [0.3, 0.4) is 0 Å². The second kappa shape index (κ2) is 9.02. The lowest BCUT2D eigenvalue weighted by Crippen LogP contribution is -2.40. The van der Waals surface area contributed by atoms with E-state index in [1.54, 1.807) is 9.47 Å². The van der Waals surface area contributed by atoms with Crippen molar-refractivity contribution in [3.63, 3.8) is 0 Å². The lowest BCUT2D eigenvalue weighted by atomic mass is 9.98. The van der Waals surface area contributed by atoms with Crippen molar-refractivity contribution in [1.29, 1.82) is 0 Å². The molecule has 1 atom stereocenters. The summed E-state index contributed by atoms with van der Waals surface area (Å²) in [6.45, 7) is 2.96. The van der Waals surface area contributed by atoms with E-state index in [0.29, 0.717) is 62.8 Å². The second-order valence-corrected chi connectivity index (χ2v) is 8.85. The molecule has 0 saturated carbocycles. The number of methoxy groups -OCH3 is 1. The van der Waals surface area contributed by atoms with Gasteiger partial charge >= 0.3 is 0 Å². The molecule has 0 unspecified atom stereocenters. The Morgan fingerprint density at radius 2 is 1.82 bits per heavy atom. The number of amides is 2. The van der Waals surface area contributed by atoms with E-state index in [9.17, 15) is 14.4 Å². The first-order valence-electron chi connectivity index (χ1n) is 11.6. The van der Waals surface area contributed by atoms with E-state index in [2.05, 4.69) is 12.1 Å². The molecule has 3 aliphatic heterocycles. The summed E-state index contributed by atoms with van der Waals surface area (Å²) in [5.41, 5.74) is 3.27. The van der Waals surface area contributed by atoms with E-state index >= 15 is 0 Å². The van der Waals surface area contributed by atoms with E-state index in [0.717, 1.165) is 24.8 Å². The number of rotatable bonds is 3. The van der Waals surface area contributed by atoms with Crippen molar-refractivity contribution in [2.24, 2.45) is 0 Å². The summed E-state index contributed by atoms with van der Waals surface area (Å²) in [4.78, 5) is 43.1. The van der Waals surface area contributed by atoms with Gasteiger partial charge in [-0.15, -0.1) is 0 Å². The zero-order valence-electron chi connectivity index (χ0n) is 18.9. The zero-order chi connectivity index (χ0) is 22.9. The molecule has 0 aliphatic carbocycles. The van der Waals surface area contributed by atoms with Gasteiger partial charge in [-0.1, -0.05) is 24.3 Å². The van der Waals surface area contributed by atoms with Crippen LogP contribution in [0.4, 0.5) is 0 Å². The summed E-state index contributed by atoms with van der Waals surface area (Å²) >= 11 is 0. The van der Waals surface area contributed by atoms with Gasteiger partial charge in [0.25, 0.3) is 17.4 Å². The summed E-state index contributed by atoms with van der Waals surface area (Å²) < 4.78 is 12.7. The Labute approximate surface area is 192 Å². The number of carbonyl (C=O) groups excluding carboxylic acids is 2. The van der Waals surface area contributed by atoms with E-state index in [1.807, 2.05) is 17.0 Å². The van der Waals surface area contributed by atoms with E-state index in [-0.39, 0.29) is 17.4 Å². The van der Waals surface area contributed by atoms with Crippen molar-refractivity contribution in [3.05, 3.63) is 63.1 Å². The first-order chi connectivity index (χ1) is 16.1. The van der Waals surface area contributed by atoms with Gasteiger partial charge < -0.3 is 23.8 Å². The average molecular weight is 452 g/mol. The van der Waals surface area contributed by atoms with Crippen LogP contribution in [0, 0.1) is 0 Å². The monoisotopic (exact) mass is 451 g/mol. The molecule has 1 aromatic heterocycles. The Morgan fingerprint density at radius 3 is 2.58 bits per heavy atom. The minimum absolute atomic E-state index is 0.0270. The van der Waals surface area contributed by atoms with Gasteiger partial charge in [-0.3, -0.25) is 14.4 Å². The number of hydrogen-bond donors (Lipinski definition) is 0. The van der Waals surface area contributed by atoms with Crippen molar-refractivity contribution in [3.8, 4) is 5.75 Å². The number of fused-ring (bicyclic) bond motifs is 2. The highest BCUT2D eigenvalue weighted by Gasteiger charge is 2.33. The van der Waals surface area contributed by atoms with Crippen LogP contribution in [0.25, 0.3) is 0 Å². The van der Waals surface area contributed by atoms with E-state index < -0.39 is 6.10 Å². The molecule has 0 spiro atoms. The van der Waals surface area contributed by atoms with Crippen LogP contribution in [0.1, 0.15) is 40.0 Å². The van der Waals surface area contributed by atoms with E-state index in [1.165, 1.54) is 18.7 Å². The average Bonchev–Trinajstić information content (AvgIpc) is 3.29. The molecule has 33 heavy (non-hydrogen) atoms. The SMILES string of the molecule is COc1cc(=O)n2c(c1C(=O)N1CCc3ccccc3C1)CCN(C(=O)[C@@H]1CCCO1)CC2. The van der Waals surface area contributed by atoms with Crippen LogP contribution in [0.15, 0.2) is 35.1 Å². The van der Waals surface area contributed by atoms with Crippen LogP contribution in [-0.2, 0) is 35.5 Å². The molecular weight excluding hydrogens is 422 g/mol. The second-order valence-electron chi connectivity index (χ2n) is 8.85. The molecule has 1 aromatic carbocycles. The zero-order valence-corrected chi connectivity index (χ0v) is 18.9. The maximum atomic E-state index is 13.7. The molecule has 0 bridgehead atoms. The number of ether oxygens (including phenoxy) is 2. The standard InChI is InChI=1S/C25H29N3O5/c1-32-21-15-22(29)28-13-12-26(24(30)20-7-4-14-33-20)11-9-19(28)23(21)25(31)27-10-8-17-5-2-3-6-18(17)16-27/h2-3,5-6,15,20H,4,7-14,16H2,1H3/t20-/m0/s1. The minimum Gasteiger partial charge on any atom is -0.496 e. The van der Waals surface area contributed by atoms with Crippen LogP contribution in [0.2, 0.25) is 0 Å². The van der Waals surface area contributed by atoms with Crippen LogP contribution in [-0.4, -0.2) is 65.6 Å². The van der Waals surface area contributed by atoms with Gasteiger partial charge in [-0.05, 0) is 30.4 Å². The number of carbonyl (C=O) groups is 2. The summed E-state index contributed by atoms with van der Waals surface area (Å²) in [5.74, 6) is 0.138. The first kappa shape index (κ1) is 21.7. The fourth-order valence-electron chi connectivity index (χ4n) is 5.16. The smallest absolute Gasteiger partial charge is 0.259 e. The molecule has 174 valence electrons. The Morgan fingerprint density at radius 1 is 1.03 bits per heavy atom. The lowest BCUT2D eigenvalue weighted by Gasteiger charge is -2.30. The molecular formula is C25H29N3O5. The summed E-state index contributed by atoms with van der Waals surface area (Å²) in [5, 5.41) is 0. The van der Waals surface area contributed by atoms with Crippen LogP contribution in [0.5, 0.6) is 5.75 Å². The third kappa shape index (κ3) is 4.04. The van der Waals surface area contributed by atoms with Crippen molar-refractivity contribution in [2.75, 3.05) is 33.4 Å². The Balaban J connectivity index is 1.45. The number of nitrogens with zero attached hydrogens (tertiary/aromatic N) is 3. The predicted octanol–water partition coefficient (Wildman–Crippen LogP) is 1.62. The first-order valence-corrected chi connectivity index (χ1v) is 11.6. The number of benzene rings is 1. The summed E-state index contributed by atoms with van der Waals surface area (Å²) in [6, 6.07) is 9.56. The van der Waals surface area contributed by atoms with Gasteiger partial charge in [0.1, 0.15) is 17.4 Å². The third-order valence-electron chi connectivity index (χ3n) is 6.96. The van der Waals surface area contributed by atoms with Gasteiger partial charge in [0.15, 0.2) is 0 Å². The molecule has 8 nitrogen and oxygen atoms in total. The normalized spacial score (nSPS) is 20.1. The fourth-order valence-corrected chi connectivity index (χ4v) is 5.16. The summed E-state index contributed by atoms with van der Waals surface area (Å²) in [6.07, 6.45) is 2.43. The Kier molecular flexibility index (Phi) is 5.93. The maximum absolute atomic E-state index is 13.7. The van der Waals surface area contributed by atoms with Crippen molar-refractivity contribution in [2.45, 2.75) is 44.9 Å². The molecule has 1 fully saturated rings. The molecule has 3 aliphatic rings. The van der Waals surface area contributed by atoms with Crippen LogP contribution >= 0.6 is 0 Å². The molecule has 2 amide bonds. The van der Waals surface area contributed by atoms with Gasteiger partial charge in [0.2, 0.25) is 0 Å². The minimum atomic E-state index is -0.396. The molecule has 8 heteroatoms. The Bertz CT molecular complexity index is 1140. The van der Waals surface area contributed by atoms with Gasteiger partial charge in [-0.2, -0.15) is 0 Å². The quantitative estimate of drug-likeness (QED) is 0.709. The lowest BCUT2D eigenvalue weighted by molar-refractivity contribution is -0.140. The fraction of sp³-hybridized carbons (Fsp3) is 0.480. The van der Waals surface area contributed by atoms with Crippen molar-refractivity contribution >= 4 is 11.8 Å². The molecule has 1 saturated heterocycles. The molecule has 5 rings (SSSR count). The maximum Gasteiger partial charge on any atom is 0.259 e. The molecule has 2 aromatic rings. The Hall–Kier alpha value is -3.13. The summed E-state index contributed by atoms with van der Waals surface area (Å²) in [7, 11) is 1.48.